The fourth-order valence-corrected chi connectivity index (χ4v) is 4.06. The van der Waals surface area contributed by atoms with E-state index >= 15 is 0 Å². The molecule has 30 heavy (non-hydrogen) atoms. The molecule has 0 unspecified atom stereocenters. The van der Waals surface area contributed by atoms with E-state index in [0.717, 1.165) is 36.3 Å². The van der Waals surface area contributed by atoms with Crippen molar-refractivity contribution in [3.05, 3.63) is 59.0 Å². The molecular weight excluding hydrogens is 382 g/mol. The van der Waals surface area contributed by atoms with Crippen LogP contribution in [0.5, 0.6) is 11.5 Å². The first-order valence-electron chi connectivity index (χ1n) is 10.4. The van der Waals surface area contributed by atoms with Crippen molar-refractivity contribution >= 4 is 11.0 Å². The van der Waals surface area contributed by atoms with Crippen molar-refractivity contribution in [1.29, 1.82) is 0 Å². The van der Waals surface area contributed by atoms with Crippen LogP contribution >= 0.6 is 0 Å². The van der Waals surface area contributed by atoms with E-state index in [-0.39, 0.29) is 17.8 Å². The zero-order valence-electron chi connectivity index (χ0n) is 17.6. The second-order valence-electron chi connectivity index (χ2n) is 7.89. The number of methoxy groups -OCH3 is 1. The number of benzene rings is 2. The summed E-state index contributed by atoms with van der Waals surface area (Å²) in [6.07, 6.45) is 0.553. The highest BCUT2D eigenvalue weighted by Gasteiger charge is 2.25. The lowest BCUT2D eigenvalue weighted by molar-refractivity contribution is -0.915. The maximum Gasteiger partial charge on any atom is 0.344 e. The quantitative estimate of drug-likeness (QED) is 0.633. The van der Waals surface area contributed by atoms with Crippen LogP contribution in [-0.4, -0.2) is 45.6 Å². The summed E-state index contributed by atoms with van der Waals surface area (Å²) in [5.41, 5.74) is 1.47. The predicted octanol–water partition coefficient (Wildman–Crippen LogP) is 2.54. The molecule has 0 bridgehead atoms. The minimum absolute atomic E-state index is 0.276. The van der Waals surface area contributed by atoms with Crippen molar-refractivity contribution in [2.75, 3.05) is 33.4 Å². The fourth-order valence-electron chi connectivity index (χ4n) is 4.06. The Morgan fingerprint density at radius 3 is 2.40 bits per heavy atom. The fraction of sp³-hybridized carbons (Fsp3) is 0.375. The molecule has 0 spiro atoms. The SMILES string of the molecule is COc1ccc(-c2cc3ccc(OCC[NH+]4C[C@@H](C)O[C@H](C)C4)cc3oc2=O)cc1. The zero-order valence-corrected chi connectivity index (χ0v) is 17.6. The maximum atomic E-state index is 12.5. The van der Waals surface area contributed by atoms with Crippen LogP contribution in [-0.2, 0) is 4.74 Å². The molecule has 1 aromatic heterocycles. The minimum Gasteiger partial charge on any atom is -0.497 e. The van der Waals surface area contributed by atoms with Gasteiger partial charge in [0.1, 0.15) is 55.5 Å². The molecule has 0 aliphatic carbocycles. The second kappa shape index (κ2) is 8.90. The Bertz CT molecular complexity index is 1050. The molecule has 0 amide bonds. The number of nitrogens with one attached hydrogen (secondary N) is 1. The number of hydrogen-bond acceptors (Lipinski definition) is 5. The van der Waals surface area contributed by atoms with Crippen LogP contribution in [0, 0.1) is 0 Å². The Hall–Kier alpha value is -2.83. The Kier molecular flexibility index (Phi) is 6.06. The van der Waals surface area contributed by atoms with E-state index in [0.29, 0.717) is 23.5 Å². The number of fused-ring (bicyclic) bond motifs is 1. The first kappa shape index (κ1) is 20.4. The van der Waals surface area contributed by atoms with Gasteiger partial charge in [-0.05, 0) is 49.7 Å². The van der Waals surface area contributed by atoms with Gasteiger partial charge in [0.2, 0.25) is 0 Å². The van der Waals surface area contributed by atoms with Crippen LogP contribution < -0.4 is 20.0 Å². The predicted molar refractivity (Wildman–Crippen MR) is 116 cm³/mol. The van der Waals surface area contributed by atoms with E-state index in [4.69, 9.17) is 18.6 Å². The Balaban J connectivity index is 1.46. The molecule has 3 aromatic rings. The molecular formula is C24H28NO5+. The smallest absolute Gasteiger partial charge is 0.344 e. The van der Waals surface area contributed by atoms with Crippen molar-refractivity contribution < 1.29 is 23.5 Å². The van der Waals surface area contributed by atoms with Gasteiger partial charge in [-0.1, -0.05) is 12.1 Å². The summed E-state index contributed by atoms with van der Waals surface area (Å²) in [5, 5.41) is 0.856. The van der Waals surface area contributed by atoms with E-state index in [1.54, 1.807) is 13.2 Å². The van der Waals surface area contributed by atoms with Crippen LogP contribution in [0.2, 0.25) is 0 Å². The van der Waals surface area contributed by atoms with Crippen molar-refractivity contribution in [3.63, 3.8) is 0 Å². The molecule has 1 fully saturated rings. The van der Waals surface area contributed by atoms with E-state index in [1.807, 2.05) is 42.5 Å². The Morgan fingerprint density at radius 2 is 1.70 bits per heavy atom. The standard InChI is InChI=1S/C24H27NO5/c1-16-14-25(15-17(2)29-16)10-11-28-21-9-6-19-12-22(24(26)30-23(19)13-21)18-4-7-20(27-3)8-5-18/h4-9,12-13,16-17H,10-11,14-15H2,1-3H3/p+1/t16-,17-/m1/s1. The Labute approximate surface area is 176 Å². The highest BCUT2D eigenvalue weighted by molar-refractivity contribution is 5.82. The number of rotatable bonds is 6. The van der Waals surface area contributed by atoms with Gasteiger partial charge in [-0.3, -0.25) is 0 Å². The lowest BCUT2D eigenvalue weighted by Crippen LogP contribution is -3.16. The summed E-state index contributed by atoms with van der Waals surface area (Å²) in [4.78, 5) is 14.0. The van der Waals surface area contributed by atoms with Crippen LogP contribution in [0.4, 0.5) is 0 Å². The van der Waals surface area contributed by atoms with Crippen LogP contribution in [0.25, 0.3) is 22.1 Å². The minimum atomic E-state index is -0.370. The van der Waals surface area contributed by atoms with Crippen LogP contribution in [0.15, 0.2) is 57.7 Å². The van der Waals surface area contributed by atoms with Gasteiger partial charge in [-0.2, -0.15) is 0 Å². The molecule has 4 rings (SSSR count). The molecule has 2 aromatic carbocycles. The normalized spacial score (nSPS) is 21.5. The van der Waals surface area contributed by atoms with E-state index < -0.39 is 0 Å². The molecule has 2 atom stereocenters. The van der Waals surface area contributed by atoms with Gasteiger partial charge in [0, 0.05) is 11.5 Å². The number of morpholine rings is 1. The molecule has 6 nitrogen and oxygen atoms in total. The highest BCUT2D eigenvalue weighted by Crippen LogP contribution is 2.25. The average molecular weight is 410 g/mol. The second-order valence-corrected chi connectivity index (χ2v) is 7.89. The lowest BCUT2D eigenvalue weighted by Gasteiger charge is -2.32. The van der Waals surface area contributed by atoms with E-state index in [2.05, 4.69) is 13.8 Å². The Morgan fingerprint density at radius 1 is 1.00 bits per heavy atom. The molecule has 1 aliphatic heterocycles. The summed E-state index contributed by atoms with van der Waals surface area (Å²) in [6.45, 7) is 7.73. The van der Waals surface area contributed by atoms with Gasteiger partial charge < -0.3 is 23.5 Å². The van der Waals surface area contributed by atoms with Gasteiger partial charge in [-0.15, -0.1) is 0 Å². The molecule has 1 saturated heterocycles. The first-order valence-corrected chi connectivity index (χ1v) is 10.4. The average Bonchev–Trinajstić information content (AvgIpc) is 2.72. The summed E-state index contributed by atoms with van der Waals surface area (Å²) in [5.74, 6) is 1.45. The van der Waals surface area contributed by atoms with Crippen molar-refractivity contribution in [3.8, 4) is 22.6 Å². The molecule has 2 heterocycles. The summed E-state index contributed by atoms with van der Waals surface area (Å²) >= 11 is 0. The van der Waals surface area contributed by atoms with Crippen LogP contribution in [0.3, 0.4) is 0 Å². The van der Waals surface area contributed by atoms with Gasteiger partial charge in [-0.25, -0.2) is 4.79 Å². The molecule has 0 radical (unpaired) electrons. The molecule has 6 heteroatoms. The molecule has 158 valence electrons. The van der Waals surface area contributed by atoms with Crippen LogP contribution in [0.1, 0.15) is 13.8 Å². The summed E-state index contributed by atoms with van der Waals surface area (Å²) in [7, 11) is 1.61. The lowest BCUT2D eigenvalue weighted by atomic mass is 10.1. The van der Waals surface area contributed by atoms with E-state index in [1.165, 1.54) is 4.90 Å². The molecule has 1 aliphatic rings. The first-order chi connectivity index (χ1) is 14.5. The van der Waals surface area contributed by atoms with Crippen molar-refractivity contribution in [2.45, 2.75) is 26.1 Å². The molecule has 0 saturated carbocycles. The maximum absolute atomic E-state index is 12.5. The van der Waals surface area contributed by atoms with Gasteiger partial charge in [0.15, 0.2) is 0 Å². The summed E-state index contributed by atoms with van der Waals surface area (Å²) < 4.78 is 22.5. The third-order valence-electron chi connectivity index (χ3n) is 5.45. The van der Waals surface area contributed by atoms with Gasteiger partial charge in [0.05, 0.1) is 12.7 Å². The summed E-state index contributed by atoms with van der Waals surface area (Å²) in [6, 6.07) is 14.8. The zero-order chi connectivity index (χ0) is 21.1. The third kappa shape index (κ3) is 4.66. The van der Waals surface area contributed by atoms with Crippen molar-refractivity contribution in [1.82, 2.24) is 0 Å². The van der Waals surface area contributed by atoms with Crippen molar-refractivity contribution in [2.24, 2.45) is 0 Å². The number of quaternary nitrogens is 1. The number of ether oxygens (including phenoxy) is 3. The topological polar surface area (TPSA) is 62.3 Å². The molecule has 1 N–H and O–H groups in total. The van der Waals surface area contributed by atoms with Gasteiger partial charge >= 0.3 is 5.63 Å². The van der Waals surface area contributed by atoms with Gasteiger partial charge in [0.25, 0.3) is 0 Å². The highest BCUT2D eigenvalue weighted by atomic mass is 16.5. The third-order valence-corrected chi connectivity index (χ3v) is 5.45. The number of hydrogen-bond donors (Lipinski definition) is 1. The van der Waals surface area contributed by atoms with E-state index in [9.17, 15) is 4.79 Å². The monoisotopic (exact) mass is 410 g/mol. The largest absolute Gasteiger partial charge is 0.497 e.